The summed E-state index contributed by atoms with van der Waals surface area (Å²) in [6, 6.07) is 6.45. The Balaban J connectivity index is 2.36. The van der Waals surface area contributed by atoms with Gasteiger partial charge in [-0.05, 0) is 31.4 Å². The Hall–Kier alpha value is -0.500. The highest BCUT2D eigenvalue weighted by Crippen LogP contribution is 2.37. The summed E-state index contributed by atoms with van der Waals surface area (Å²) in [5.41, 5.74) is 2.66. The van der Waals surface area contributed by atoms with Gasteiger partial charge in [-0.15, -0.1) is 0 Å². The van der Waals surface area contributed by atoms with E-state index in [1.54, 1.807) is 0 Å². The molecular formula is C12H15BrO. The number of rotatable bonds is 2. The third-order valence-corrected chi connectivity index (χ3v) is 2.93. The van der Waals surface area contributed by atoms with E-state index in [1.807, 2.05) is 0 Å². The number of halogens is 1. The zero-order chi connectivity index (χ0) is 10.2. The van der Waals surface area contributed by atoms with Crippen molar-refractivity contribution in [2.45, 2.75) is 32.3 Å². The molecule has 76 valence electrons. The van der Waals surface area contributed by atoms with E-state index < -0.39 is 0 Å². The topological polar surface area (TPSA) is 9.23 Å². The van der Waals surface area contributed by atoms with Crippen molar-refractivity contribution >= 4 is 15.9 Å². The summed E-state index contributed by atoms with van der Waals surface area (Å²) < 4.78 is 5.96. The second-order valence-corrected chi connectivity index (χ2v) is 5.18. The molecule has 14 heavy (non-hydrogen) atoms. The van der Waals surface area contributed by atoms with E-state index in [2.05, 4.69) is 48.0 Å². The van der Waals surface area contributed by atoms with Gasteiger partial charge in [-0.2, -0.15) is 0 Å². The Labute approximate surface area is 93.6 Å². The van der Waals surface area contributed by atoms with E-state index in [0.717, 1.165) is 23.9 Å². The van der Waals surface area contributed by atoms with Crippen molar-refractivity contribution in [2.24, 2.45) is 0 Å². The molecule has 0 radical (unpaired) electrons. The fourth-order valence-corrected chi connectivity index (χ4v) is 2.41. The van der Waals surface area contributed by atoms with Crippen LogP contribution in [-0.2, 0) is 12.8 Å². The summed E-state index contributed by atoms with van der Waals surface area (Å²) >= 11 is 3.47. The van der Waals surface area contributed by atoms with Gasteiger partial charge in [0.05, 0.1) is 0 Å². The molecule has 2 heteroatoms. The average Bonchev–Trinajstić information content (AvgIpc) is 2.41. The monoisotopic (exact) mass is 254 g/mol. The number of para-hydroxylation sites is 1. The van der Waals surface area contributed by atoms with Gasteiger partial charge in [-0.1, -0.05) is 34.1 Å². The van der Waals surface area contributed by atoms with Gasteiger partial charge >= 0.3 is 0 Å². The van der Waals surface area contributed by atoms with Gasteiger partial charge in [0.2, 0.25) is 0 Å². The van der Waals surface area contributed by atoms with Gasteiger partial charge in [0.15, 0.2) is 0 Å². The van der Waals surface area contributed by atoms with Crippen LogP contribution in [0.2, 0.25) is 0 Å². The molecule has 0 saturated heterocycles. The van der Waals surface area contributed by atoms with Crippen molar-refractivity contribution in [3.8, 4) is 5.75 Å². The molecular weight excluding hydrogens is 240 g/mol. The zero-order valence-electron chi connectivity index (χ0n) is 8.64. The van der Waals surface area contributed by atoms with E-state index in [9.17, 15) is 0 Å². The summed E-state index contributed by atoms with van der Waals surface area (Å²) in [5, 5.41) is 0.993. The van der Waals surface area contributed by atoms with E-state index in [4.69, 9.17) is 4.74 Å². The molecule has 2 rings (SSSR count). The number of alkyl halides is 1. The quantitative estimate of drug-likeness (QED) is 0.736. The third kappa shape index (κ3) is 1.81. The minimum atomic E-state index is -0.0231. The Morgan fingerprint density at radius 3 is 2.93 bits per heavy atom. The molecule has 0 fully saturated rings. The SMILES string of the molecule is CC1(C)Cc2cccc(CCBr)c2O1. The third-order valence-electron chi connectivity index (χ3n) is 2.54. The molecule has 0 bridgehead atoms. The highest BCUT2D eigenvalue weighted by molar-refractivity contribution is 9.09. The van der Waals surface area contributed by atoms with Crippen LogP contribution in [0.5, 0.6) is 5.75 Å². The van der Waals surface area contributed by atoms with E-state index in [1.165, 1.54) is 11.1 Å². The second-order valence-electron chi connectivity index (χ2n) is 4.38. The Kier molecular flexibility index (Phi) is 2.56. The lowest BCUT2D eigenvalue weighted by molar-refractivity contribution is 0.137. The Morgan fingerprint density at radius 2 is 2.21 bits per heavy atom. The zero-order valence-corrected chi connectivity index (χ0v) is 10.2. The lowest BCUT2D eigenvalue weighted by atomic mass is 10.00. The lowest BCUT2D eigenvalue weighted by Gasteiger charge is -2.18. The summed E-state index contributed by atoms with van der Waals surface area (Å²) in [6.45, 7) is 4.29. The molecule has 1 aromatic carbocycles. The molecule has 0 N–H and O–H groups in total. The maximum Gasteiger partial charge on any atom is 0.126 e. The van der Waals surface area contributed by atoms with Crippen molar-refractivity contribution in [3.63, 3.8) is 0 Å². The smallest absolute Gasteiger partial charge is 0.126 e. The van der Waals surface area contributed by atoms with Crippen LogP contribution in [0.15, 0.2) is 18.2 Å². The maximum atomic E-state index is 5.96. The molecule has 1 nitrogen and oxygen atoms in total. The first-order valence-electron chi connectivity index (χ1n) is 4.98. The molecule has 0 unspecified atom stereocenters. The fraction of sp³-hybridized carbons (Fsp3) is 0.500. The predicted molar refractivity (Wildman–Crippen MR) is 62.4 cm³/mol. The van der Waals surface area contributed by atoms with Crippen molar-refractivity contribution in [1.29, 1.82) is 0 Å². The highest BCUT2D eigenvalue weighted by atomic mass is 79.9. The van der Waals surface area contributed by atoms with Crippen molar-refractivity contribution in [2.75, 3.05) is 5.33 Å². The number of ether oxygens (including phenoxy) is 1. The van der Waals surface area contributed by atoms with Crippen LogP contribution in [0.1, 0.15) is 25.0 Å². The Morgan fingerprint density at radius 1 is 1.43 bits per heavy atom. The van der Waals surface area contributed by atoms with Crippen LogP contribution in [-0.4, -0.2) is 10.9 Å². The summed E-state index contributed by atoms with van der Waals surface area (Å²) in [5.74, 6) is 1.12. The molecule has 1 aliphatic rings. The normalized spacial score (nSPS) is 17.6. The van der Waals surface area contributed by atoms with Gasteiger partial charge in [0, 0.05) is 11.8 Å². The summed E-state index contributed by atoms with van der Waals surface area (Å²) in [7, 11) is 0. The van der Waals surface area contributed by atoms with Crippen LogP contribution in [0.3, 0.4) is 0 Å². The first kappa shape index (κ1) is 10.0. The van der Waals surface area contributed by atoms with Gasteiger partial charge in [0.25, 0.3) is 0 Å². The lowest BCUT2D eigenvalue weighted by Crippen LogP contribution is -2.24. The maximum absolute atomic E-state index is 5.96. The molecule has 1 aromatic rings. The minimum Gasteiger partial charge on any atom is -0.487 e. The molecule has 1 heterocycles. The first-order chi connectivity index (χ1) is 6.62. The van der Waals surface area contributed by atoms with Crippen molar-refractivity contribution in [1.82, 2.24) is 0 Å². The second kappa shape index (κ2) is 3.58. The van der Waals surface area contributed by atoms with Crippen LogP contribution in [0.25, 0.3) is 0 Å². The molecule has 0 amide bonds. The summed E-state index contributed by atoms with van der Waals surface area (Å²) in [4.78, 5) is 0. The van der Waals surface area contributed by atoms with Gasteiger partial charge in [-0.3, -0.25) is 0 Å². The van der Waals surface area contributed by atoms with Gasteiger partial charge in [-0.25, -0.2) is 0 Å². The first-order valence-corrected chi connectivity index (χ1v) is 6.10. The summed E-state index contributed by atoms with van der Waals surface area (Å²) in [6.07, 6.45) is 2.07. The molecule has 0 aliphatic carbocycles. The molecule has 0 saturated carbocycles. The van der Waals surface area contributed by atoms with Crippen molar-refractivity contribution in [3.05, 3.63) is 29.3 Å². The number of aryl methyl sites for hydroxylation is 1. The van der Waals surface area contributed by atoms with Crippen LogP contribution >= 0.6 is 15.9 Å². The van der Waals surface area contributed by atoms with E-state index in [0.29, 0.717) is 0 Å². The van der Waals surface area contributed by atoms with Crippen LogP contribution in [0.4, 0.5) is 0 Å². The number of fused-ring (bicyclic) bond motifs is 1. The molecule has 1 aliphatic heterocycles. The number of benzene rings is 1. The average molecular weight is 255 g/mol. The largest absolute Gasteiger partial charge is 0.487 e. The standard InChI is InChI=1S/C12H15BrO/c1-12(2)8-10-5-3-4-9(6-7-13)11(10)14-12/h3-5H,6-8H2,1-2H3. The van der Waals surface area contributed by atoms with E-state index in [-0.39, 0.29) is 5.60 Å². The van der Waals surface area contributed by atoms with Crippen molar-refractivity contribution < 1.29 is 4.74 Å². The highest BCUT2D eigenvalue weighted by Gasteiger charge is 2.31. The minimum absolute atomic E-state index is 0.0231. The fourth-order valence-electron chi connectivity index (χ4n) is 1.98. The van der Waals surface area contributed by atoms with Gasteiger partial charge in [0.1, 0.15) is 11.4 Å². The molecule has 0 atom stereocenters. The number of hydrogen-bond donors (Lipinski definition) is 0. The molecule has 0 aromatic heterocycles. The van der Waals surface area contributed by atoms with Crippen LogP contribution in [0, 0.1) is 0 Å². The van der Waals surface area contributed by atoms with E-state index >= 15 is 0 Å². The predicted octanol–water partition coefficient (Wildman–Crippen LogP) is 3.34. The molecule has 0 spiro atoms. The number of hydrogen-bond acceptors (Lipinski definition) is 1. The van der Waals surface area contributed by atoms with Crippen LogP contribution < -0.4 is 4.74 Å². The van der Waals surface area contributed by atoms with Gasteiger partial charge < -0.3 is 4.74 Å². The Bertz CT molecular complexity index is 344.